The summed E-state index contributed by atoms with van der Waals surface area (Å²) in [6, 6.07) is 10.1. The maximum atomic E-state index is 12.5. The molecular formula is C23H26N4O2S. The molecule has 1 fully saturated rings. The quantitative estimate of drug-likeness (QED) is 0.530. The summed E-state index contributed by atoms with van der Waals surface area (Å²) in [7, 11) is 0. The van der Waals surface area contributed by atoms with Crippen molar-refractivity contribution in [3.05, 3.63) is 53.9 Å². The number of hydrogen-bond donors (Lipinski definition) is 3. The van der Waals surface area contributed by atoms with Gasteiger partial charge in [0.25, 0.3) is 5.91 Å². The van der Waals surface area contributed by atoms with Gasteiger partial charge in [0.1, 0.15) is 5.82 Å². The zero-order valence-corrected chi connectivity index (χ0v) is 18.2. The molecule has 4 rings (SSSR count). The minimum atomic E-state index is -0.509. The van der Waals surface area contributed by atoms with Crippen molar-refractivity contribution >= 4 is 23.3 Å². The molecule has 0 aliphatic heterocycles. The molecular weight excluding hydrogens is 396 g/mol. The first-order valence-corrected chi connectivity index (χ1v) is 10.9. The van der Waals surface area contributed by atoms with Crippen LogP contribution in [0.2, 0.25) is 0 Å². The number of carbonyl (C=O) groups is 1. The largest absolute Gasteiger partial charge is 0.394 e. The van der Waals surface area contributed by atoms with Gasteiger partial charge in [0, 0.05) is 35.1 Å². The number of anilines is 1. The third kappa shape index (κ3) is 4.52. The van der Waals surface area contributed by atoms with E-state index in [2.05, 4.69) is 26.1 Å². The summed E-state index contributed by atoms with van der Waals surface area (Å²) in [5, 5.41) is 16.0. The van der Waals surface area contributed by atoms with Crippen molar-refractivity contribution in [1.82, 2.24) is 14.7 Å². The molecule has 0 radical (unpaired) electrons. The highest BCUT2D eigenvalue weighted by Gasteiger charge is 2.24. The summed E-state index contributed by atoms with van der Waals surface area (Å²) in [5.74, 6) is 0.666. The van der Waals surface area contributed by atoms with Crippen LogP contribution in [0.4, 0.5) is 5.82 Å². The maximum absolute atomic E-state index is 12.5. The average Bonchev–Trinajstić information content (AvgIpc) is 3.37. The molecule has 0 atom stereocenters. The molecule has 1 aliphatic rings. The van der Waals surface area contributed by atoms with Gasteiger partial charge >= 0.3 is 0 Å². The van der Waals surface area contributed by atoms with Crippen molar-refractivity contribution in [2.75, 3.05) is 11.9 Å². The number of aryl methyl sites for hydroxylation is 1. The topological polar surface area (TPSA) is 87.1 Å². The van der Waals surface area contributed by atoms with Gasteiger partial charge in [-0.15, -0.1) is 0 Å². The van der Waals surface area contributed by atoms with E-state index in [1.54, 1.807) is 6.20 Å². The molecule has 156 valence electrons. The van der Waals surface area contributed by atoms with Crippen molar-refractivity contribution in [2.24, 2.45) is 0 Å². The summed E-state index contributed by atoms with van der Waals surface area (Å²) < 4.78 is 4.23. The van der Waals surface area contributed by atoms with Gasteiger partial charge in [-0.05, 0) is 80.5 Å². The Morgan fingerprint density at radius 1 is 1.23 bits per heavy atom. The summed E-state index contributed by atoms with van der Waals surface area (Å²) >= 11 is 1.40. The Morgan fingerprint density at radius 2 is 2.03 bits per heavy atom. The molecule has 0 saturated heterocycles. The van der Waals surface area contributed by atoms with E-state index in [4.69, 9.17) is 0 Å². The van der Waals surface area contributed by atoms with E-state index in [0.717, 1.165) is 40.0 Å². The van der Waals surface area contributed by atoms with Crippen LogP contribution in [-0.4, -0.2) is 38.6 Å². The van der Waals surface area contributed by atoms with Crippen LogP contribution in [0.3, 0.4) is 0 Å². The lowest BCUT2D eigenvalue weighted by Gasteiger charge is -2.25. The zero-order chi connectivity index (χ0) is 21.3. The van der Waals surface area contributed by atoms with Crippen LogP contribution < -0.4 is 10.6 Å². The Labute approximate surface area is 180 Å². The van der Waals surface area contributed by atoms with E-state index in [0.29, 0.717) is 17.4 Å². The number of aliphatic hydroxyl groups is 1. The fourth-order valence-corrected chi connectivity index (χ4v) is 3.80. The van der Waals surface area contributed by atoms with Gasteiger partial charge in [0.2, 0.25) is 0 Å². The first-order chi connectivity index (χ1) is 14.4. The molecule has 0 bridgehead atoms. The van der Waals surface area contributed by atoms with Gasteiger partial charge in [-0.25, -0.2) is 9.36 Å². The number of aliphatic hydroxyl groups excluding tert-OH is 1. The first kappa shape index (κ1) is 20.5. The Hall–Kier alpha value is -2.77. The smallest absolute Gasteiger partial charge is 0.251 e. The Balaban J connectivity index is 1.74. The van der Waals surface area contributed by atoms with E-state index in [9.17, 15) is 9.90 Å². The lowest BCUT2D eigenvalue weighted by atomic mass is 9.97. The molecule has 2 aromatic heterocycles. The minimum Gasteiger partial charge on any atom is -0.394 e. The molecule has 30 heavy (non-hydrogen) atoms. The zero-order valence-electron chi connectivity index (χ0n) is 17.4. The van der Waals surface area contributed by atoms with Crippen molar-refractivity contribution in [1.29, 1.82) is 0 Å². The Morgan fingerprint density at radius 3 is 2.70 bits per heavy atom. The number of hydrogen-bond acceptors (Lipinski definition) is 6. The Kier molecular flexibility index (Phi) is 5.58. The molecule has 0 spiro atoms. The highest BCUT2D eigenvalue weighted by atomic mass is 32.1. The molecule has 3 N–H and O–H groups in total. The van der Waals surface area contributed by atoms with Crippen LogP contribution in [0.15, 0.2) is 42.7 Å². The highest BCUT2D eigenvalue weighted by molar-refractivity contribution is 7.09. The first-order valence-electron chi connectivity index (χ1n) is 10.1. The van der Waals surface area contributed by atoms with Crippen LogP contribution in [0.5, 0.6) is 0 Å². The Bertz CT molecular complexity index is 1060. The predicted molar refractivity (Wildman–Crippen MR) is 121 cm³/mol. The van der Waals surface area contributed by atoms with Gasteiger partial charge in [-0.2, -0.15) is 0 Å². The molecule has 1 saturated carbocycles. The van der Waals surface area contributed by atoms with E-state index >= 15 is 0 Å². The van der Waals surface area contributed by atoms with Gasteiger partial charge < -0.3 is 15.7 Å². The summed E-state index contributed by atoms with van der Waals surface area (Å²) in [4.78, 5) is 18.2. The average molecular weight is 423 g/mol. The lowest BCUT2D eigenvalue weighted by Crippen LogP contribution is -2.35. The number of pyridine rings is 1. The minimum absolute atomic E-state index is 0.0180. The fourth-order valence-electron chi connectivity index (χ4n) is 3.18. The van der Waals surface area contributed by atoms with Crippen molar-refractivity contribution in [3.8, 4) is 21.6 Å². The number of nitrogens with one attached hydrogen (secondary N) is 2. The van der Waals surface area contributed by atoms with Crippen molar-refractivity contribution in [3.63, 3.8) is 0 Å². The van der Waals surface area contributed by atoms with E-state index in [-0.39, 0.29) is 12.5 Å². The molecule has 2 heterocycles. The molecule has 1 aromatic carbocycles. The molecule has 7 heteroatoms. The van der Waals surface area contributed by atoms with Crippen molar-refractivity contribution < 1.29 is 9.90 Å². The second-order valence-electron chi connectivity index (χ2n) is 8.44. The van der Waals surface area contributed by atoms with Gasteiger partial charge in [0.05, 0.1) is 17.0 Å². The molecule has 6 nitrogen and oxygen atoms in total. The van der Waals surface area contributed by atoms with Crippen LogP contribution in [0, 0.1) is 6.92 Å². The number of rotatable bonds is 7. The SMILES string of the molecule is Cc1ccc(C(=O)NC2CC2)cc1-c1cnc(NC(C)(C)CO)c(-c2ccns2)c1. The van der Waals surface area contributed by atoms with E-state index < -0.39 is 5.54 Å². The van der Waals surface area contributed by atoms with Gasteiger partial charge in [-0.1, -0.05) is 6.07 Å². The number of aromatic nitrogens is 2. The maximum Gasteiger partial charge on any atom is 0.251 e. The van der Waals surface area contributed by atoms with Crippen LogP contribution >= 0.6 is 11.5 Å². The third-order valence-electron chi connectivity index (χ3n) is 5.17. The van der Waals surface area contributed by atoms with Crippen LogP contribution in [-0.2, 0) is 0 Å². The highest BCUT2D eigenvalue weighted by Crippen LogP contribution is 2.35. The van der Waals surface area contributed by atoms with Gasteiger partial charge in [-0.3, -0.25) is 4.79 Å². The summed E-state index contributed by atoms with van der Waals surface area (Å²) in [6.07, 6.45) is 5.70. The van der Waals surface area contributed by atoms with E-state index in [1.807, 2.05) is 51.2 Å². The lowest BCUT2D eigenvalue weighted by molar-refractivity contribution is 0.0951. The second-order valence-corrected chi connectivity index (χ2v) is 9.27. The molecule has 1 aliphatic carbocycles. The van der Waals surface area contributed by atoms with Crippen LogP contribution in [0.1, 0.15) is 42.6 Å². The number of nitrogens with zero attached hydrogens (tertiary/aromatic N) is 2. The van der Waals surface area contributed by atoms with Crippen LogP contribution in [0.25, 0.3) is 21.6 Å². The fraction of sp³-hybridized carbons (Fsp3) is 0.348. The third-order valence-corrected chi connectivity index (χ3v) is 5.95. The van der Waals surface area contributed by atoms with Gasteiger partial charge in [0.15, 0.2) is 0 Å². The van der Waals surface area contributed by atoms with E-state index in [1.165, 1.54) is 11.5 Å². The molecule has 3 aromatic rings. The number of carbonyl (C=O) groups excluding carboxylic acids is 1. The molecule has 0 unspecified atom stereocenters. The second kappa shape index (κ2) is 8.16. The number of benzene rings is 1. The monoisotopic (exact) mass is 422 g/mol. The summed E-state index contributed by atoms with van der Waals surface area (Å²) in [6.45, 7) is 5.86. The predicted octanol–water partition coefficient (Wildman–Crippen LogP) is 4.26. The molecule has 1 amide bonds. The normalized spacial score (nSPS) is 13.9. The van der Waals surface area contributed by atoms with Crippen molar-refractivity contribution in [2.45, 2.75) is 45.2 Å². The standard InChI is InChI=1S/C23H26N4O2S/c1-14-4-5-15(22(29)26-17-6-7-17)10-18(14)16-11-19(20-8-9-25-30-20)21(24-12-16)27-23(2,3)13-28/h4-5,8-12,17,28H,6-7,13H2,1-3H3,(H,24,27)(H,26,29). The summed E-state index contributed by atoms with van der Waals surface area (Å²) in [5.41, 5.74) is 4.06. The number of amides is 1.